The number of carbonyl (C=O) groups excluding carboxylic acids is 1. The number of aromatic nitrogens is 4. The van der Waals surface area contributed by atoms with Crippen molar-refractivity contribution in [1.82, 2.24) is 19.6 Å². The molecular weight excluding hydrogens is 340 g/mol. The van der Waals surface area contributed by atoms with E-state index in [9.17, 15) is 4.79 Å². The van der Waals surface area contributed by atoms with E-state index >= 15 is 0 Å². The Morgan fingerprint density at radius 2 is 1.96 bits per heavy atom. The van der Waals surface area contributed by atoms with Gasteiger partial charge in [-0.2, -0.15) is 4.98 Å². The summed E-state index contributed by atoms with van der Waals surface area (Å²) < 4.78 is 12.1. The van der Waals surface area contributed by atoms with Gasteiger partial charge >= 0.3 is 0 Å². The molecule has 0 saturated carbocycles. The van der Waals surface area contributed by atoms with E-state index in [0.717, 1.165) is 11.4 Å². The van der Waals surface area contributed by atoms with Crippen LogP contribution < -0.4 is 9.47 Å². The average molecular weight is 358 g/mol. The van der Waals surface area contributed by atoms with E-state index < -0.39 is 0 Å². The molecule has 0 saturated heterocycles. The van der Waals surface area contributed by atoms with E-state index in [0.29, 0.717) is 28.0 Å². The molecule has 0 bridgehead atoms. The third-order valence-electron chi connectivity index (χ3n) is 3.64. The Bertz CT molecular complexity index is 939. The summed E-state index contributed by atoms with van der Waals surface area (Å²) in [4.78, 5) is 21.3. The van der Waals surface area contributed by atoms with Crippen LogP contribution in [0.4, 0.5) is 0 Å². The van der Waals surface area contributed by atoms with Crippen LogP contribution in [-0.4, -0.2) is 45.3 Å². The Balaban J connectivity index is 1.80. The molecule has 3 aromatic rings. The van der Waals surface area contributed by atoms with Gasteiger partial charge in [-0.25, -0.2) is 9.50 Å². The van der Waals surface area contributed by atoms with Crippen molar-refractivity contribution in [2.24, 2.45) is 0 Å². The molecule has 8 heteroatoms. The number of hydrogen-bond acceptors (Lipinski definition) is 7. The summed E-state index contributed by atoms with van der Waals surface area (Å²) in [6.07, 6.45) is 0. The Morgan fingerprint density at radius 1 is 1.16 bits per heavy atom. The van der Waals surface area contributed by atoms with Crippen molar-refractivity contribution in [2.75, 3.05) is 20.0 Å². The number of fused-ring (bicyclic) bond motifs is 1. The lowest BCUT2D eigenvalue weighted by atomic mass is 10.1. The number of thioether (sulfide) groups is 1. The maximum Gasteiger partial charge on any atom is 0.253 e. The molecule has 0 fully saturated rings. The maximum absolute atomic E-state index is 12.6. The number of carbonyl (C=O) groups is 1. The topological polar surface area (TPSA) is 78.6 Å². The van der Waals surface area contributed by atoms with Crippen molar-refractivity contribution in [2.45, 2.75) is 19.0 Å². The normalized spacial score (nSPS) is 10.9. The second-order valence-electron chi connectivity index (χ2n) is 5.42. The molecule has 0 radical (unpaired) electrons. The molecule has 0 unspecified atom stereocenters. The molecule has 2 heterocycles. The Morgan fingerprint density at radius 3 is 2.68 bits per heavy atom. The minimum absolute atomic E-state index is 0.0829. The van der Waals surface area contributed by atoms with Gasteiger partial charge in [0.1, 0.15) is 11.5 Å². The summed E-state index contributed by atoms with van der Waals surface area (Å²) >= 11 is 1.27. The number of ether oxygens (including phenoxy) is 2. The summed E-state index contributed by atoms with van der Waals surface area (Å²) in [6, 6.07) is 7.08. The third-order valence-corrected chi connectivity index (χ3v) is 4.48. The molecule has 0 amide bonds. The van der Waals surface area contributed by atoms with Gasteiger partial charge in [-0.1, -0.05) is 11.8 Å². The molecule has 0 atom stereocenters. The van der Waals surface area contributed by atoms with Crippen molar-refractivity contribution in [3.05, 3.63) is 41.2 Å². The molecule has 0 aliphatic heterocycles. The highest BCUT2D eigenvalue weighted by molar-refractivity contribution is 7.99. The highest BCUT2D eigenvalue weighted by Crippen LogP contribution is 2.26. The summed E-state index contributed by atoms with van der Waals surface area (Å²) in [5.41, 5.74) is 2.30. The summed E-state index contributed by atoms with van der Waals surface area (Å²) in [6.45, 7) is 3.85. The predicted octanol–water partition coefficient (Wildman–Crippen LogP) is 2.73. The summed E-state index contributed by atoms with van der Waals surface area (Å²) in [5, 5.41) is 4.90. The monoisotopic (exact) mass is 358 g/mol. The first-order valence-corrected chi connectivity index (χ1v) is 8.59. The van der Waals surface area contributed by atoms with Crippen molar-refractivity contribution < 1.29 is 14.3 Å². The first kappa shape index (κ1) is 17.2. The lowest BCUT2D eigenvalue weighted by molar-refractivity contribution is 0.101. The molecule has 7 nitrogen and oxygen atoms in total. The summed E-state index contributed by atoms with van der Waals surface area (Å²) in [5.74, 6) is 1.77. The molecule has 0 N–H and O–H groups in total. The van der Waals surface area contributed by atoms with Gasteiger partial charge in [-0.05, 0) is 38.1 Å². The maximum atomic E-state index is 12.6. The van der Waals surface area contributed by atoms with Crippen LogP contribution >= 0.6 is 11.8 Å². The van der Waals surface area contributed by atoms with E-state index in [2.05, 4.69) is 15.1 Å². The molecule has 1 aromatic carbocycles. The predicted molar refractivity (Wildman–Crippen MR) is 94.9 cm³/mol. The average Bonchev–Trinajstić information content (AvgIpc) is 3.02. The number of nitrogens with zero attached hydrogens (tertiary/aromatic N) is 4. The third kappa shape index (κ3) is 3.58. The fraction of sp³-hybridized carbons (Fsp3) is 0.294. The smallest absolute Gasteiger partial charge is 0.253 e. The van der Waals surface area contributed by atoms with Crippen LogP contribution in [0.15, 0.2) is 29.4 Å². The zero-order chi connectivity index (χ0) is 18.0. The lowest BCUT2D eigenvalue weighted by Gasteiger charge is -2.09. The molecule has 130 valence electrons. The summed E-state index contributed by atoms with van der Waals surface area (Å²) in [7, 11) is 3.09. The minimum atomic E-state index is -0.0829. The molecule has 2 aromatic heterocycles. The molecule has 0 aliphatic carbocycles. The number of Topliss-reactive ketones (excluding diaryl/α,β-unsaturated/α-hetero) is 1. The van der Waals surface area contributed by atoms with Crippen molar-refractivity contribution in [3.8, 4) is 11.5 Å². The SMILES string of the molecule is COc1ccc(OC)c(C(=O)CSc2nc3nc(C)cc(C)n3n2)c1. The minimum Gasteiger partial charge on any atom is -0.497 e. The van der Waals surface area contributed by atoms with Gasteiger partial charge in [0.25, 0.3) is 5.78 Å². The van der Waals surface area contributed by atoms with Crippen LogP contribution in [0.5, 0.6) is 11.5 Å². The van der Waals surface area contributed by atoms with E-state index in [1.54, 1.807) is 29.8 Å². The van der Waals surface area contributed by atoms with E-state index in [1.165, 1.54) is 18.9 Å². The van der Waals surface area contributed by atoms with Crippen molar-refractivity contribution >= 4 is 23.3 Å². The second kappa shape index (κ2) is 7.10. The highest BCUT2D eigenvalue weighted by atomic mass is 32.2. The van der Waals surface area contributed by atoms with Crippen LogP contribution in [0.25, 0.3) is 5.78 Å². The van der Waals surface area contributed by atoms with Crippen LogP contribution in [-0.2, 0) is 0 Å². The first-order valence-electron chi connectivity index (χ1n) is 7.61. The van der Waals surface area contributed by atoms with Crippen molar-refractivity contribution in [1.29, 1.82) is 0 Å². The van der Waals surface area contributed by atoms with Crippen molar-refractivity contribution in [3.63, 3.8) is 0 Å². The lowest BCUT2D eigenvalue weighted by Crippen LogP contribution is -2.05. The van der Waals surface area contributed by atoms with E-state index in [-0.39, 0.29) is 11.5 Å². The quantitative estimate of drug-likeness (QED) is 0.495. The zero-order valence-corrected chi connectivity index (χ0v) is 15.3. The first-order chi connectivity index (χ1) is 12.0. The number of benzene rings is 1. The molecular formula is C17H18N4O3S. The van der Waals surface area contributed by atoms with Gasteiger partial charge < -0.3 is 9.47 Å². The van der Waals surface area contributed by atoms with Crippen LogP contribution in [0, 0.1) is 13.8 Å². The van der Waals surface area contributed by atoms with Gasteiger partial charge in [0.2, 0.25) is 5.16 Å². The van der Waals surface area contributed by atoms with E-state index in [1.807, 2.05) is 19.9 Å². The van der Waals surface area contributed by atoms with Gasteiger partial charge in [0, 0.05) is 11.4 Å². The van der Waals surface area contributed by atoms with Gasteiger partial charge in [-0.15, -0.1) is 5.10 Å². The fourth-order valence-electron chi connectivity index (χ4n) is 2.45. The number of rotatable bonds is 6. The van der Waals surface area contributed by atoms with Gasteiger partial charge in [0.15, 0.2) is 5.78 Å². The number of methoxy groups -OCH3 is 2. The second-order valence-corrected chi connectivity index (χ2v) is 6.37. The standard InChI is InChI=1S/C17H18N4O3S/c1-10-7-11(2)21-16(18-10)19-17(20-21)25-9-14(22)13-8-12(23-3)5-6-15(13)24-4/h5-8H,9H2,1-4H3. The van der Waals surface area contributed by atoms with E-state index in [4.69, 9.17) is 9.47 Å². The van der Waals surface area contributed by atoms with Crippen LogP contribution in [0.2, 0.25) is 0 Å². The number of aryl methyl sites for hydroxylation is 2. The Kier molecular flexibility index (Phi) is 4.89. The molecule has 3 rings (SSSR count). The number of ketones is 1. The number of hydrogen-bond donors (Lipinski definition) is 0. The largest absolute Gasteiger partial charge is 0.497 e. The molecule has 0 aliphatic rings. The Labute approximate surface area is 149 Å². The molecule has 25 heavy (non-hydrogen) atoms. The molecule has 0 spiro atoms. The Hall–Kier alpha value is -2.61. The van der Waals surface area contributed by atoms with Gasteiger partial charge in [-0.3, -0.25) is 4.79 Å². The highest BCUT2D eigenvalue weighted by Gasteiger charge is 2.16. The van der Waals surface area contributed by atoms with Gasteiger partial charge in [0.05, 0.1) is 25.5 Å². The zero-order valence-electron chi connectivity index (χ0n) is 14.4. The van der Waals surface area contributed by atoms with Crippen LogP contribution in [0.1, 0.15) is 21.7 Å². The fourth-order valence-corrected chi connectivity index (χ4v) is 3.15. The van der Waals surface area contributed by atoms with Crippen LogP contribution in [0.3, 0.4) is 0 Å².